The Balaban J connectivity index is 2.29. The molecule has 1 unspecified atom stereocenters. The van der Waals surface area contributed by atoms with E-state index in [1.807, 2.05) is 0 Å². The molecule has 1 aliphatic heterocycles. The van der Waals surface area contributed by atoms with Gasteiger partial charge < -0.3 is 14.2 Å². The van der Waals surface area contributed by atoms with Crippen LogP contribution in [0.3, 0.4) is 0 Å². The molecule has 0 radical (unpaired) electrons. The molecule has 1 aliphatic rings. The fourth-order valence-corrected chi connectivity index (χ4v) is 1.65. The lowest BCUT2D eigenvalue weighted by Crippen LogP contribution is -2.49. The van der Waals surface area contributed by atoms with Crippen LogP contribution in [0.4, 0.5) is 0 Å². The molecule has 0 N–H and O–H groups in total. The van der Waals surface area contributed by atoms with Crippen molar-refractivity contribution in [1.82, 2.24) is 4.90 Å². The third-order valence-corrected chi connectivity index (χ3v) is 2.55. The van der Waals surface area contributed by atoms with Crippen LogP contribution < -0.4 is 0 Å². The fraction of sp³-hybridized carbons (Fsp3) is 1.00. The Bertz CT molecular complexity index is 164. The number of hydrogen-bond acceptors (Lipinski definition) is 4. The summed E-state index contributed by atoms with van der Waals surface area (Å²) in [5.41, 5.74) is 0. The highest BCUT2D eigenvalue weighted by molar-refractivity contribution is 4.75. The van der Waals surface area contributed by atoms with Gasteiger partial charge in [-0.15, -0.1) is 0 Å². The lowest BCUT2D eigenvalue weighted by atomic mass is 10.2. The zero-order valence-corrected chi connectivity index (χ0v) is 10.1. The predicted octanol–water partition coefficient (Wildman–Crippen LogP) is 0.759. The van der Waals surface area contributed by atoms with E-state index in [0.717, 1.165) is 39.5 Å². The Morgan fingerprint density at radius 2 is 2.27 bits per heavy atom. The fourth-order valence-electron chi connectivity index (χ4n) is 1.65. The van der Waals surface area contributed by atoms with E-state index in [9.17, 15) is 0 Å². The topological polar surface area (TPSA) is 30.9 Å². The van der Waals surface area contributed by atoms with Gasteiger partial charge in [0.2, 0.25) is 0 Å². The Kier molecular flexibility index (Phi) is 6.17. The molecule has 90 valence electrons. The van der Waals surface area contributed by atoms with Gasteiger partial charge in [0.15, 0.2) is 0 Å². The minimum atomic E-state index is 0.288. The second-order valence-corrected chi connectivity index (χ2v) is 4.14. The molecule has 4 nitrogen and oxygen atoms in total. The van der Waals surface area contributed by atoms with E-state index in [4.69, 9.17) is 14.2 Å². The van der Waals surface area contributed by atoms with E-state index in [0.29, 0.717) is 6.04 Å². The Labute approximate surface area is 92.5 Å². The van der Waals surface area contributed by atoms with Crippen LogP contribution in [0, 0.1) is 0 Å². The summed E-state index contributed by atoms with van der Waals surface area (Å²) in [6.07, 6.45) is 0.288. The molecule has 1 saturated heterocycles. The first-order valence-corrected chi connectivity index (χ1v) is 5.66. The molecule has 15 heavy (non-hydrogen) atoms. The second-order valence-electron chi connectivity index (χ2n) is 4.14. The minimum Gasteiger partial charge on any atom is -0.383 e. The smallest absolute Gasteiger partial charge is 0.0647 e. The Hall–Kier alpha value is -0.160. The molecule has 1 rings (SSSR count). The van der Waals surface area contributed by atoms with Crippen LogP contribution >= 0.6 is 0 Å². The molecule has 0 aromatic heterocycles. The molecular weight excluding hydrogens is 194 g/mol. The standard InChI is InChI=1S/C11H23NO3/c1-10(2)15-9-11-8-14-7-5-12(11)4-6-13-3/h10-11H,4-9H2,1-3H3. The molecule has 0 amide bonds. The summed E-state index contributed by atoms with van der Waals surface area (Å²) < 4.78 is 16.2. The second kappa shape index (κ2) is 7.17. The average Bonchev–Trinajstić information content (AvgIpc) is 2.24. The summed E-state index contributed by atoms with van der Waals surface area (Å²) in [7, 11) is 1.74. The van der Waals surface area contributed by atoms with Crippen molar-refractivity contribution in [3.05, 3.63) is 0 Å². The largest absolute Gasteiger partial charge is 0.383 e. The van der Waals surface area contributed by atoms with Crippen molar-refractivity contribution in [1.29, 1.82) is 0 Å². The average molecular weight is 217 g/mol. The lowest BCUT2D eigenvalue weighted by molar-refractivity contribution is -0.0590. The van der Waals surface area contributed by atoms with Crippen molar-refractivity contribution >= 4 is 0 Å². The van der Waals surface area contributed by atoms with Gasteiger partial charge in [0.25, 0.3) is 0 Å². The highest BCUT2D eigenvalue weighted by atomic mass is 16.5. The van der Waals surface area contributed by atoms with Crippen LogP contribution in [0.25, 0.3) is 0 Å². The molecule has 1 fully saturated rings. The number of methoxy groups -OCH3 is 1. The van der Waals surface area contributed by atoms with E-state index in [1.54, 1.807) is 7.11 Å². The van der Waals surface area contributed by atoms with Crippen LogP contribution in [0.15, 0.2) is 0 Å². The van der Waals surface area contributed by atoms with Crippen molar-refractivity contribution in [2.45, 2.75) is 26.0 Å². The zero-order valence-electron chi connectivity index (χ0n) is 10.1. The summed E-state index contributed by atoms with van der Waals surface area (Å²) in [5.74, 6) is 0. The maximum atomic E-state index is 5.63. The molecule has 0 bridgehead atoms. The number of ether oxygens (including phenoxy) is 3. The predicted molar refractivity (Wildman–Crippen MR) is 59.1 cm³/mol. The van der Waals surface area contributed by atoms with Crippen LogP contribution in [0.2, 0.25) is 0 Å². The first-order chi connectivity index (χ1) is 7.24. The quantitative estimate of drug-likeness (QED) is 0.657. The SMILES string of the molecule is COCCN1CCOCC1COC(C)C. The van der Waals surface area contributed by atoms with E-state index < -0.39 is 0 Å². The van der Waals surface area contributed by atoms with E-state index in [-0.39, 0.29) is 6.10 Å². The molecule has 0 spiro atoms. The van der Waals surface area contributed by atoms with Crippen molar-refractivity contribution < 1.29 is 14.2 Å². The molecule has 0 saturated carbocycles. The first kappa shape index (κ1) is 12.9. The van der Waals surface area contributed by atoms with Crippen LogP contribution in [-0.2, 0) is 14.2 Å². The number of morpholine rings is 1. The Morgan fingerprint density at radius 3 is 2.93 bits per heavy atom. The highest BCUT2D eigenvalue weighted by Gasteiger charge is 2.22. The number of nitrogens with zero attached hydrogens (tertiary/aromatic N) is 1. The Morgan fingerprint density at radius 1 is 1.47 bits per heavy atom. The molecule has 0 aliphatic carbocycles. The van der Waals surface area contributed by atoms with Gasteiger partial charge in [-0.25, -0.2) is 0 Å². The van der Waals surface area contributed by atoms with E-state index in [1.165, 1.54) is 0 Å². The third-order valence-electron chi connectivity index (χ3n) is 2.55. The third kappa shape index (κ3) is 4.93. The molecule has 0 aromatic rings. The summed E-state index contributed by atoms with van der Waals surface area (Å²) in [4.78, 5) is 2.38. The minimum absolute atomic E-state index is 0.288. The van der Waals surface area contributed by atoms with Crippen molar-refractivity contribution in [2.24, 2.45) is 0 Å². The van der Waals surface area contributed by atoms with E-state index >= 15 is 0 Å². The van der Waals surface area contributed by atoms with Gasteiger partial charge >= 0.3 is 0 Å². The summed E-state index contributed by atoms with van der Waals surface area (Å²) in [5, 5.41) is 0. The lowest BCUT2D eigenvalue weighted by Gasteiger charge is -2.35. The molecule has 1 atom stereocenters. The number of hydrogen-bond donors (Lipinski definition) is 0. The summed E-state index contributed by atoms with van der Waals surface area (Å²) >= 11 is 0. The zero-order chi connectivity index (χ0) is 11.1. The molecule has 0 aromatic carbocycles. The van der Waals surface area contributed by atoms with Gasteiger partial charge in [-0.3, -0.25) is 4.90 Å². The first-order valence-electron chi connectivity index (χ1n) is 5.66. The van der Waals surface area contributed by atoms with Gasteiger partial charge in [-0.1, -0.05) is 0 Å². The van der Waals surface area contributed by atoms with Crippen molar-refractivity contribution in [3.8, 4) is 0 Å². The maximum Gasteiger partial charge on any atom is 0.0647 e. The van der Waals surface area contributed by atoms with Gasteiger partial charge in [0, 0.05) is 20.2 Å². The highest BCUT2D eigenvalue weighted by Crippen LogP contribution is 2.08. The normalized spacial score (nSPS) is 23.6. The van der Waals surface area contributed by atoms with Gasteiger partial charge in [0.1, 0.15) is 0 Å². The summed E-state index contributed by atoms with van der Waals surface area (Å²) in [6, 6.07) is 0.385. The van der Waals surface area contributed by atoms with E-state index in [2.05, 4.69) is 18.7 Å². The van der Waals surface area contributed by atoms with Crippen molar-refractivity contribution in [3.63, 3.8) is 0 Å². The molecular formula is C11H23NO3. The number of rotatable bonds is 6. The van der Waals surface area contributed by atoms with Crippen LogP contribution in [-0.4, -0.2) is 63.7 Å². The van der Waals surface area contributed by atoms with Gasteiger partial charge in [-0.05, 0) is 13.8 Å². The monoisotopic (exact) mass is 217 g/mol. The van der Waals surface area contributed by atoms with Crippen molar-refractivity contribution in [2.75, 3.05) is 46.6 Å². The molecule has 1 heterocycles. The molecule has 4 heteroatoms. The van der Waals surface area contributed by atoms with Gasteiger partial charge in [-0.2, -0.15) is 0 Å². The van der Waals surface area contributed by atoms with Crippen LogP contribution in [0.5, 0.6) is 0 Å². The van der Waals surface area contributed by atoms with Gasteiger partial charge in [0.05, 0.1) is 38.6 Å². The summed E-state index contributed by atoms with van der Waals surface area (Å²) in [6.45, 7) is 9.19. The van der Waals surface area contributed by atoms with Crippen LogP contribution in [0.1, 0.15) is 13.8 Å². The maximum absolute atomic E-state index is 5.63.